The van der Waals surface area contributed by atoms with Crippen molar-refractivity contribution in [2.75, 3.05) is 13.1 Å². The van der Waals surface area contributed by atoms with E-state index in [1.807, 2.05) is 24.3 Å². The molecule has 0 unspecified atom stereocenters. The maximum absolute atomic E-state index is 13.0. The van der Waals surface area contributed by atoms with Crippen LogP contribution in [0.2, 0.25) is 5.02 Å². The minimum Gasteiger partial charge on any atom is -0.295 e. The van der Waals surface area contributed by atoms with E-state index in [9.17, 15) is 13.2 Å². The Morgan fingerprint density at radius 1 is 1.04 bits per heavy atom. The summed E-state index contributed by atoms with van der Waals surface area (Å²) in [6.45, 7) is 2.40. The SMILES string of the molecule is FC(F)(F)c1cc(C2=CCN(Cc3ccccc3)CC2)ccc1Cl. The predicted octanol–water partition coefficient (Wildman–Crippen LogP) is 5.65. The molecule has 0 aliphatic carbocycles. The zero-order valence-electron chi connectivity index (χ0n) is 13.0. The number of benzene rings is 2. The highest BCUT2D eigenvalue weighted by atomic mass is 35.5. The highest BCUT2D eigenvalue weighted by Crippen LogP contribution is 2.37. The normalized spacial score (nSPS) is 16.1. The van der Waals surface area contributed by atoms with Crippen molar-refractivity contribution in [1.82, 2.24) is 4.90 Å². The molecule has 1 aliphatic rings. The molecule has 0 amide bonds. The van der Waals surface area contributed by atoms with Gasteiger partial charge in [0.1, 0.15) is 0 Å². The van der Waals surface area contributed by atoms with Gasteiger partial charge in [-0.25, -0.2) is 0 Å². The molecule has 2 aromatic carbocycles. The highest BCUT2D eigenvalue weighted by Gasteiger charge is 2.33. The lowest BCUT2D eigenvalue weighted by molar-refractivity contribution is -0.137. The third-order valence-electron chi connectivity index (χ3n) is 4.18. The van der Waals surface area contributed by atoms with Crippen LogP contribution in [0.1, 0.15) is 23.1 Å². The summed E-state index contributed by atoms with van der Waals surface area (Å²) in [6, 6.07) is 14.3. The summed E-state index contributed by atoms with van der Waals surface area (Å²) in [5.74, 6) is 0. The maximum Gasteiger partial charge on any atom is 0.417 e. The van der Waals surface area contributed by atoms with Crippen molar-refractivity contribution in [3.05, 3.63) is 76.3 Å². The summed E-state index contributed by atoms with van der Waals surface area (Å²) in [5.41, 5.74) is 2.02. The van der Waals surface area contributed by atoms with Crippen molar-refractivity contribution in [3.8, 4) is 0 Å². The quantitative estimate of drug-likeness (QED) is 0.690. The molecule has 1 heterocycles. The monoisotopic (exact) mass is 351 g/mol. The molecule has 2 aromatic rings. The van der Waals surface area contributed by atoms with E-state index in [4.69, 9.17) is 11.6 Å². The van der Waals surface area contributed by atoms with Crippen LogP contribution in [-0.4, -0.2) is 18.0 Å². The lowest BCUT2D eigenvalue weighted by Crippen LogP contribution is -2.28. The van der Waals surface area contributed by atoms with E-state index in [0.29, 0.717) is 5.56 Å². The first kappa shape index (κ1) is 17.1. The largest absolute Gasteiger partial charge is 0.417 e. The first-order valence-corrected chi connectivity index (χ1v) is 8.14. The Morgan fingerprint density at radius 3 is 2.42 bits per heavy atom. The Labute approximate surface area is 144 Å². The van der Waals surface area contributed by atoms with Crippen molar-refractivity contribution in [1.29, 1.82) is 0 Å². The summed E-state index contributed by atoms with van der Waals surface area (Å²) >= 11 is 5.69. The molecule has 0 saturated carbocycles. The number of rotatable bonds is 3. The third-order valence-corrected chi connectivity index (χ3v) is 4.51. The first-order chi connectivity index (χ1) is 11.4. The Balaban J connectivity index is 1.73. The molecule has 0 saturated heterocycles. The maximum atomic E-state index is 13.0. The van der Waals surface area contributed by atoms with Gasteiger partial charge in [-0.15, -0.1) is 0 Å². The predicted molar refractivity (Wildman–Crippen MR) is 90.8 cm³/mol. The van der Waals surface area contributed by atoms with Crippen LogP contribution in [0.4, 0.5) is 13.2 Å². The average molecular weight is 352 g/mol. The molecule has 0 fully saturated rings. The number of nitrogens with zero attached hydrogens (tertiary/aromatic N) is 1. The van der Waals surface area contributed by atoms with Crippen LogP contribution in [-0.2, 0) is 12.7 Å². The van der Waals surface area contributed by atoms with E-state index < -0.39 is 11.7 Å². The molecule has 0 atom stereocenters. The van der Waals surface area contributed by atoms with Gasteiger partial charge in [0, 0.05) is 19.6 Å². The van der Waals surface area contributed by atoms with Gasteiger partial charge in [-0.05, 0) is 35.3 Å². The summed E-state index contributed by atoms with van der Waals surface area (Å²) in [7, 11) is 0. The molecule has 126 valence electrons. The van der Waals surface area contributed by atoms with E-state index in [1.165, 1.54) is 11.6 Å². The van der Waals surface area contributed by atoms with Crippen LogP contribution in [0.3, 0.4) is 0 Å². The molecule has 0 spiro atoms. The van der Waals surface area contributed by atoms with Gasteiger partial charge in [-0.1, -0.05) is 54.1 Å². The van der Waals surface area contributed by atoms with Crippen LogP contribution in [0.25, 0.3) is 5.57 Å². The standard InChI is InChI=1S/C19H17ClF3N/c20-18-7-6-16(12-17(18)19(21,22)23)15-8-10-24(11-9-15)13-14-4-2-1-3-5-14/h1-8,12H,9-11,13H2. The molecule has 24 heavy (non-hydrogen) atoms. The summed E-state index contributed by atoms with van der Waals surface area (Å²) < 4.78 is 39.0. The fourth-order valence-electron chi connectivity index (χ4n) is 2.90. The molecule has 3 rings (SSSR count). The van der Waals surface area contributed by atoms with Gasteiger partial charge in [0.15, 0.2) is 0 Å². The van der Waals surface area contributed by atoms with Crippen molar-refractivity contribution in [2.24, 2.45) is 0 Å². The zero-order valence-corrected chi connectivity index (χ0v) is 13.7. The highest BCUT2D eigenvalue weighted by molar-refractivity contribution is 6.31. The topological polar surface area (TPSA) is 3.24 Å². The average Bonchev–Trinajstić information content (AvgIpc) is 2.56. The smallest absolute Gasteiger partial charge is 0.295 e. The molecule has 1 aliphatic heterocycles. The van der Waals surface area contributed by atoms with Crippen LogP contribution in [0.5, 0.6) is 0 Å². The number of hydrogen-bond donors (Lipinski definition) is 0. The Bertz CT molecular complexity index is 738. The second-order valence-electron chi connectivity index (χ2n) is 5.89. The zero-order chi connectivity index (χ0) is 17.2. The minimum atomic E-state index is -4.43. The van der Waals surface area contributed by atoms with Crippen LogP contribution < -0.4 is 0 Å². The fraction of sp³-hybridized carbons (Fsp3) is 0.263. The second-order valence-corrected chi connectivity index (χ2v) is 6.30. The molecule has 0 N–H and O–H groups in total. The van der Waals surface area contributed by atoms with Crippen LogP contribution >= 0.6 is 11.6 Å². The van der Waals surface area contributed by atoms with Gasteiger partial charge in [0.2, 0.25) is 0 Å². The summed E-state index contributed by atoms with van der Waals surface area (Å²) in [4.78, 5) is 2.28. The van der Waals surface area contributed by atoms with Crippen LogP contribution in [0, 0.1) is 0 Å². The van der Waals surface area contributed by atoms with E-state index in [1.54, 1.807) is 6.07 Å². The molecular weight excluding hydrogens is 335 g/mol. The van der Waals surface area contributed by atoms with Gasteiger partial charge >= 0.3 is 6.18 Å². The number of halogens is 4. The minimum absolute atomic E-state index is 0.256. The van der Waals surface area contributed by atoms with Crippen LogP contribution in [0.15, 0.2) is 54.6 Å². The lowest BCUT2D eigenvalue weighted by Gasteiger charge is -2.26. The van der Waals surface area contributed by atoms with Gasteiger partial charge in [0.05, 0.1) is 10.6 Å². The molecule has 1 nitrogen and oxygen atoms in total. The Kier molecular flexibility index (Phi) is 4.97. The fourth-order valence-corrected chi connectivity index (χ4v) is 3.13. The van der Waals surface area contributed by atoms with Crippen molar-refractivity contribution < 1.29 is 13.2 Å². The lowest BCUT2D eigenvalue weighted by atomic mass is 9.97. The molecular formula is C19H17ClF3N. The summed E-state index contributed by atoms with van der Waals surface area (Å²) in [6.07, 6.45) is -1.69. The van der Waals surface area contributed by atoms with Crippen molar-refractivity contribution in [3.63, 3.8) is 0 Å². The van der Waals surface area contributed by atoms with Gasteiger partial charge in [-0.3, -0.25) is 4.90 Å². The first-order valence-electron chi connectivity index (χ1n) is 7.76. The van der Waals surface area contributed by atoms with E-state index in [-0.39, 0.29) is 5.02 Å². The Morgan fingerprint density at radius 2 is 1.79 bits per heavy atom. The summed E-state index contributed by atoms with van der Waals surface area (Å²) in [5, 5.41) is -0.256. The molecule has 0 bridgehead atoms. The van der Waals surface area contributed by atoms with Gasteiger partial charge in [-0.2, -0.15) is 13.2 Å². The number of hydrogen-bond acceptors (Lipinski definition) is 1. The Hall–Kier alpha value is -1.78. The van der Waals surface area contributed by atoms with Crippen molar-refractivity contribution >= 4 is 17.2 Å². The number of alkyl halides is 3. The molecule has 0 radical (unpaired) electrons. The van der Waals surface area contributed by atoms with E-state index >= 15 is 0 Å². The van der Waals surface area contributed by atoms with Crippen molar-refractivity contribution in [2.45, 2.75) is 19.1 Å². The van der Waals surface area contributed by atoms with E-state index in [2.05, 4.69) is 17.0 Å². The van der Waals surface area contributed by atoms with Gasteiger partial charge in [0.25, 0.3) is 0 Å². The molecule has 0 aromatic heterocycles. The van der Waals surface area contributed by atoms with E-state index in [0.717, 1.165) is 37.7 Å². The second kappa shape index (κ2) is 6.99. The molecule has 5 heteroatoms. The third kappa shape index (κ3) is 4.00. The van der Waals surface area contributed by atoms with Gasteiger partial charge < -0.3 is 0 Å².